The maximum Gasteiger partial charge on any atom is 0.224 e. The van der Waals surface area contributed by atoms with Crippen molar-refractivity contribution in [2.75, 3.05) is 14.1 Å². The van der Waals surface area contributed by atoms with Crippen molar-refractivity contribution in [1.29, 1.82) is 0 Å². The third-order valence-electron chi connectivity index (χ3n) is 4.47. The average molecular weight is 293 g/mol. The monoisotopic (exact) mass is 292 g/mol. The van der Waals surface area contributed by atoms with E-state index in [0.717, 1.165) is 11.0 Å². The predicted octanol–water partition coefficient (Wildman–Crippen LogP) is 3.82. The Morgan fingerprint density at radius 2 is 2.05 bits per heavy atom. The lowest BCUT2D eigenvalue weighted by atomic mass is 10.2. The molecule has 0 amide bonds. The Morgan fingerprint density at radius 3 is 2.70 bits per heavy atom. The van der Waals surface area contributed by atoms with Gasteiger partial charge in [0.05, 0.1) is 0 Å². The van der Waals surface area contributed by atoms with Crippen LogP contribution in [-0.4, -0.2) is 33.5 Å². The molecule has 5 heteroatoms. The first kappa shape index (κ1) is 13.8. The number of nitrogens with zero attached hydrogens (tertiary/aromatic N) is 4. The van der Waals surface area contributed by atoms with Crippen LogP contribution in [0.15, 0.2) is 12.3 Å². The minimum absolute atomic E-state index is 0.332. The minimum Gasteiger partial charge on any atom is -0.325 e. The summed E-state index contributed by atoms with van der Waals surface area (Å²) >= 11 is 6.00. The lowest BCUT2D eigenvalue weighted by Gasteiger charge is -2.25. The van der Waals surface area contributed by atoms with Crippen LogP contribution < -0.4 is 0 Å². The van der Waals surface area contributed by atoms with Crippen LogP contribution in [0.2, 0.25) is 5.28 Å². The molecule has 1 saturated carbocycles. The third kappa shape index (κ3) is 2.31. The number of hydrogen-bond donors (Lipinski definition) is 0. The Morgan fingerprint density at radius 1 is 1.35 bits per heavy atom. The van der Waals surface area contributed by atoms with Gasteiger partial charge in [-0.05, 0) is 51.5 Å². The Bertz CT molecular complexity index is 614. The van der Waals surface area contributed by atoms with Crippen molar-refractivity contribution in [3.8, 4) is 0 Å². The molecule has 0 spiro atoms. The normalized spacial score (nSPS) is 18.2. The molecule has 108 valence electrons. The zero-order chi connectivity index (χ0) is 14.3. The molecule has 20 heavy (non-hydrogen) atoms. The van der Waals surface area contributed by atoms with Gasteiger partial charge in [-0.1, -0.05) is 12.8 Å². The molecule has 0 aromatic carbocycles. The molecule has 1 unspecified atom stereocenters. The molecule has 0 radical (unpaired) electrons. The van der Waals surface area contributed by atoms with E-state index in [1.54, 1.807) is 0 Å². The summed E-state index contributed by atoms with van der Waals surface area (Å²) in [6.07, 6.45) is 6.91. The molecule has 1 aliphatic rings. The number of fused-ring (bicyclic) bond motifs is 1. The van der Waals surface area contributed by atoms with Crippen LogP contribution >= 0.6 is 11.6 Å². The second-order valence-corrected chi connectivity index (χ2v) is 6.27. The number of rotatable bonds is 3. The van der Waals surface area contributed by atoms with E-state index in [9.17, 15) is 0 Å². The van der Waals surface area contributed by atoms with Gasteiger partial charge in [0.25, 0.3) is 0 Å². The van der Waals surface area contributed by atoms with E-state index in [2.05, 4.69) is 46.5 Å². The maximum absolute atomic E-state index is 6.00. The Kier molecular flexibility index (Phi) is 3.69. The highest BCUT2D eigenvalue weighted by atomic mass is 35.5. The molecule has 0 bridgehead atoms. The van der Waals surface area contributed by atoms with Gasteiger partial charge in [0.2, 0.25) is 5.28 Å². The molecule has 0 saturated heterocycles. The third-order valence-corrected chi connectivity index (χ3v) is 4.65. The van der Waals surface area contributed by atoms with Crippen LogP contribution in [-0.2, 0) is 0 Å². The summed E-state index contributed by atoms with van der Waals surface area (Å²) < 4.78 is 2.40. The van der Waals surface area contributed by atoms with Crippen LogP contribution in [0.3, 0.4) is 0 Å². The van der Waals surface area contributed by atoms with Gasteiger partial charge in [-0.25, -0.2) is 4.98 Å². The van der Waals surface area contributed by atoms with Gasteiger partial charge in [-0.3, -0.25) is 0 Å². The molecule has 0 N–H and O–H groups in total. The van der Waals surface area contributed by atoms with E-state index in [4.69, 9.17) is 11.6 Å². The van der Waals surface area contributed by atoms with E-state index in [1.807, 2.05) is 6.20 Å². The second-order valence-electron chi connectivity index (χ2n) is 5.94. The Balaban J connectivity index is 2.19. The lowest BCUT2D eigenvalue weighted by Crippen LogP contribution is -2.21. The van der Waals surface area contributed by atoms with Gasteiger partial charge >= 0.3 is 0 Å². The molecule has 2 heterocycles. The molecule has 4 nitrogen and oxygen atoms in total. The highest BCUT2D eigenvalue weighted by Gasteiger charge is 2.25. The first-order chi connectivity index (χ1) is 9.58. The summed E-state index contributed by atoms with van der Waals surface area (Å²) in [5, 5.41) is 1.42. The standard InChI is InChI=1S/C15H21ClN4/c1-10(19(2)3)13-8-11-9-17-15(16)18-14(11)20(13)12-6-4-5-7-12/h8-10,12H,4-7H2,1-3H3. The highest BCUT2D eigenvalue weighted by Crippen LogP contribution is 2.36. The van der Waals surface area contributed by atoms with Crippen molar-refractivity contribution >= 4 is 22.6 Å². The molecule has 0 aliphatic heterocycles. The second kappa shape index (κ2) is 5.34. The van der Waals surface area contributed by atoms with Crippen molar-refractivity contribution in [3.63, 3.8) is 0 Å². The first-order valence-electron chi connectivity index (χ1n) is 7.27. The van der Waals surface area contributed by atoms with Gasteiger partial charge in [-0.15, -0.1) is 0 Å². The van der Waals surface area contributed by atoms with Crippen LogP contribution in [0.25, 0.3) is 11.0 Å². The first-order valence-corrected chi connectivity index (χ1v) is 7.65. The van der Waals surface area contributed by atoms with Gasteiger partial charge in [0.15, 0.2) is 0 Å². The van der Waals surface area contributed by atoms with Crippen molar-refractivity contribution in [2.24, 2.45) is 0 Å². The molecular weight excluding hydrogens is 272 g/mol. The topological polar surface area (TPSA) is 34.0 Å². The quantitative estimate of drug-likeness (QED) is 0.807. The fraction of sp³-hybridized carbons (Fsp3) is 0.600. The SMILES string of the molecule is CC(c1cc2cnc(Cl)nc2n1C1CCCC1)N(C)C. The molecule has 2 aromatic heterocycles. The molecular formula is C15H21ClN4. The van der Waals surface area contributed by atoms with Crippen LogP contribution in [0, 0.1) is 0 Å². The van der Waals surface area contributed by atoms with Gasteiger partial charge in [0, 0.05) is 29.4 Å². The van der Waals surface area contributed by atoms with Crippen molar-refractivity contribution in [3.05, 3.63) is 23.2 Å². The summed E-state index contributed by atoms with van der Waals surface area (Å²) in [4.78, 5) is 10.8. The average Bonchev–Trinajstić information content (AvgIpc) is 3.03. The summed E-state index contributed by atoms with van der Waals surface area (Å²) in [5.74, 6) is 0. The summed E-state index contributed by atoms with van der Waals surface area (Å²) in [6.45, 7) is 2.23. The number of hydrogen-bond acceptors (Lipinski definition) is 3. The van der Waals surface area contributed by atoms with Crippen molar-refractivity contribution in [1.82, 2.24) is 19.4 Å². The molecule has 3 rings (SSSR count). The molecule has 2 aromatic rings. The van der Waals surface area contributed by atoms with E-state index in [0.29, 0.717) is 17.4 Å². The number of halogens is 1. The van der Waals surface area contributed by atoms with Crippen molar-refractivity contribution in [2.45, 2.75) is 44.7 Å². The Hall–Kier alpha value is -1.13. The molecule has 1 atom stereocenters. The maximum atomic E-state index is 6.00. The van der Waals surface area contributed by atoms with Crippen molar-refractivity contribution < 1.29 is 0 Å². The fourth-order valence-electron chi connectivity index (χ4n) is 3.14. The lowest BCUT2D eigenvalue weighted by molar-refractivity contribution is 0.301. The molecule has 1 fully saturated rings. The van der Waals surface area contributed by atoms with Crippen LogP contribution in [0.1, 0.15) is 50.4 Å². The zero-order valence-corrected chi connectivity index (χ0v) is 13.1. The Labute approximate surface area is 124 Å². The van der Waals surface area contributed by atoms with E-state index in [1.165, 1.54) is 31.4 Å². The predicted molar refractivity (Wildman–Crippen MR) is 82.1 cm³/mol. The van der Waals surface area contributed by atoms with E-state index >= 15 is 0 Å². The van der Waals surface area contributed by atoms with Crippen LogP contribution in [0.4, 0.5) is 0 Å². The van der Waals surface area contributed by atoms with Crippen LogP contribution in [0.5, 0.6) is 0 Å². The van der Waals surface area contributed by atoms with E-state index in [-0.39, 0.29) is 0 Å². The number of aromatic nitrogens is 3. The van der Waals surface area contributed by atoms with Gasteiger partial charge in [0.1, 0.15) is 5.65 Å². The largest absolute Gasteiger partial charge is 0.325 e. The minimum atomic E-state index is 0.332. The zero-order valence-electron chi connectivity index (χ0n) is 12.3. The summed E-state index contributed by atoms with van der Waals surface area (Å²) in [6, 6.07) is 3.12. The highest BCUT2D eigenvalue weighted by molar-refractivity contribution is 6.28. The summed E-state index contributed by atoms with van der Waals surface area (Å²) in [7, 11) is 4.22. The fourth-order valence-corrected chi connectivity index (χ4v) is 3.27. The van der Waals surface area contributed by atoms with Gasteiger partial charge in [-0.2, -0.15) is 4.98 Å². The smallest absolute Gasteiger partial charge is 0.224 e. The van der Waals surface area contributed by atoms with E-state index < -0.39 is 0 Å². The summed E-state index contributed by atoms with van der Waals surface area (Å²) in [5.41, 5.74) is 2.30. The van der Waals surface area contributed by atoms with Gasteiger partial charge < -0.3 is 9.47 Å². The molecule has 1 aliphatic carbocycles.